The van der Waals surface area contributed by atoms with Crippen molar-refractivity contribution in [3.63, 3.8) is 0 Å². The monoisotopic (exact) mass is 290 g/mol. The number of carboxylic acids is 1. The smallest absolute Gasteiger partial charge is 0.307 e. The topological polar surface area (TPSA) is 46.5 Å². The fourth-order valence-corrected chi connectivity index (χ4v) is 3.63. The van der Waals surface area contributed by atoms with E-state index in [2.05, 4.69) is 20.8 Å². The molecule has 0 saturated heterocycles. The molecule has 1 N–H and O–H groups in total. The van der Waals surface area contributed by atoms with Crippen LogP contribution in [0.25, 0.3) is 0 Å². The highest BCUT2D eigenvalue weighted by molar-refractivity contribution is 5.70. The second-order valence-electron chi connectivity index (χ2n) is 7.19. The minimum Gasteiger partial charge on any atom is -0.481 e. The van der Waals surface area contributed by atoms with Crippen LogP contribution in [0, 0.1) is 11.3 Å². The molecule has 1 aliphatic carbocycles. The number of ether oxygens (including phenoxy) is 1. The van der Waals surface area contributed by atoms with E-state index in [4.69, 9.17) is 9.84 Å². The number of aliphatic carboxylic acids is 1. The van der Waals surface area contributed by atoms with E-state index < -0.39 is 5.97 Å². The van der Waals surface area contributed by atoms with Crippen molar-refractivity contribution >= 4 is 5.97 Å². The van der Waals surface area contributed by atoms with Gasteiger partial charge in [-0.2, -0.15) is 0 Å². The predicted octanol–water partition coefficient (Wildman–Crippen LogP) is 4.05. The molecule has 0 amide bonds. The lowest BCUT2D eigenvalue weighted by Gasteiger charge is -2.38. The summed E-state index contributed by atoms with van der Waals surface area (Å²) >= 11 is 0. The molecule has 0 spiro atoms. The summed E-state index contributed by atoms with van der Waals surface area (Å²) in [5.41, 5.74) is 2.19. The molecule has 0 heterocycles. The Hall–Kier alpha value is -1.35. The summed E-state index contributed by atoms with van der Waals surface area (Å²) in [5.74, 6) is -0.108. The van der Waals surface area contributed by atoms with Crippen LogP contribution >= 0.6 is 0 Å². The van der Waals surface area contributed by atoms with Crippen molar-refractivity contribution in [2.45, 2.75) is 59.2 Å². The third kappa shape index (κ3) is 4.85. The summed E-state index contributed by atoms with van der Waals surface area (Å²) in [6, 6.07) is 7.67. The van der Waals surface area contributed by atoms with Crippen LogP contribution in [-0.2, 0) is 22.6 Å². The van der Waals surface area contributed by atoms with Crippen molar-refractivity contribution in [2.75, 3.05) is 0 Å². The van der Waals surface area contributed by atoms with Crippen LogP contribution in [0.5, 0.6) is 0 Å². The average Bonchev–Trinajstić information content (AvgIpc) is 2.34. The average molecular weight is 290 g/mol. The predicted molar refractivity (Wildman–Crippen MR) is 83.2 cm³/mol. The van der Waals surface area contributed by atoms with Gasteiger partial charge >= 0.3 is 5.97 Å². The second-order valence-corrected chi connectivity index (χ2v) is 7.19. The van der Waals surface area contributed by atoms with E-state index in [0.29, 0.717) is 17.9 Å². The summed E-state index contributed by atoms with van der Waals surface area (Å²) in [6.07, 6.45) is 3.78. The molecular weight excluding hydrogens is 264 g/mol. The first-order chi connectivity index (χ1) is 9.85. The van der Waals surface area contributed by atoms with Gasteiger partial charge in [-0.05, 0) is 41.7 Å². The fraction of sp³-hybridized carbons (Fsp3) is 0.611. The number of benzene rings is 1. The number of rotatable bonds is 5. The maximum absolute atomic E-state index is 10.9. The van der Waals surface area contributed by atoms with Gasteiger partial charge in [-0.3, -0.25) is 4.79 Å². The Kier molecular flexibility index (Phi) is 5.04. The molecule has 0 radical (unpaired) electrons. The highest BCUT2D eigenvalue weighted by atomic mass is 16.5. The number of hydrogen-bond donors (Lipinski definition) is 1. The molecule has 21 heavy (non-hydrogen) atoms. The van der Waals surface area contributed by atoms with E-state index in [0.717, 1.165) is 24.0 Å². The Morgan fingerprint density at radius 3 is 2.57 bits per heavy atom. The van der Waals surface area contributed by atoms with Gasteiger partial charge in [-0.1, -0.05) is 45.0 Å². The number of carboxylic acid groups (broad SMARTS) is 1. The molecule has 2 unspecified atom stereocenters. The molecule has 1 aromatic rings. The van der Waals surface area contributed by atoms with E-state index in [-0.39, 0.29) is 12.5 Å². The molecule has 1 aliphatic rings. The van der Waals surface area contributed by atoms with Gasteiger partial charge in [0, 0.05) is 0 Å². The van der Waals surface area contributed by atoms with Gasteiger partial charge in [-0.25, -0.2) is 0 Å². The molecule has 0 bridgehead atoms. The first-order valence-corrected chi connectivity index (χ1v) is 7.76. The van der Waals surface area contributed by atoms with Gasteiger partial charge in [-0.15, -0.1) is 0 Å². The Bertz CT molecular complexity index is 493. The highest BCUT2D eigenvalue weighted by Crippen LogP contribution is 2.39. The minimum absolute atomic E-state index is 0.0616. The lowest BCUT2D eigenvalue weighted by atomic mass is 9.71. The minimum atomic E-state index is -0.796. The lowest BCUT2D eigenvalue weighted by molar-refractivity contribution is -0.136. The zero-order chi connectivity index (χ0) is 15.5. The van der Waals surface area contributed by atoms with Crippen molar-refractivity contribution in [3.05, 3.63) is 35.4 Å². The molecule has 3 nitrogen and oxygen atoms in total. The Balaban J connectivity index is 1.98. The second kappa shape index (κ2) is 6.61. The van der Waals surface area contributed by atoms with E-state index in [1.807, 2.05) is 24.3 Å². The van der Waals surface area contributed by atoms with Crippen LogP contribution < -0.4 is 0 Å². The van der Waals surface area contributed by atoms with Gasteiger partial charge in [0.1, 0.15) is 0 Å². The maximum atomic E-state index is 10.9. The molecule has 2 rings (SSSR count). The van der Waals surface area contributed by atoms with Crippen molar-refractivity contribution in [1.82, 2.24) is 0 Å². The van der Waals surface area contributed by atoms with Crippen LogP contribution in [0.2, 0.25) is 0 Å². The van der Waals surface area contributed by atoms with E-state index >= 15 is 0 Å². The summed E-state index contributed by atoms with van der Waals surface area (Å²) in [4.78, 5) is 10.9. The first kappa shape index (κ1) is 16.0. The molecule has 1 fully saturated rings. The molecular formula is C18H26O3. The third-order valence-corrected chi connectivity index (χ3v) is 4.28. The molecule has 0 aromatic heterocycles. The molecule has 2 atom stereocenters. The largest absolute Gasteiger partial charge is 0.481 e. The van der Waals surface area contributed by atoms with Gasteiger partial charge < -0.3 is 9.84 Å². The zero-order valence-electron chi connectivity index (χ0n) is 13.3. The number of hydrogen-bond acceptors (Lipinski definition) is 2. The molecule has 3 heteroatoms. The van der Waals surface area contributed by atoms with Crippen molar-refractivity contribution in [3.8, 4) is 0 Å². The van der Waals surface area contributed by atoms with Crippen molar-refractivity contribution < 1.29 is 14.6 Å². The maximum Gasteiger partial charge on any atom is 0.307 e. The van der Waals surface area contributed by atoms with Gasteiger partial charge in [0.15, 0.2) is 0 Å². The number of carbonyl (C=O) groups is 1. The van der Waals surface area contributed by atoms with E-state index in [9.17, 15) is 4.79 Å². The first-order valence-electron chi connectivity index (χ1n) is 7.76. The molecule has 1 aromatic carbocycles. The van der Waals surface area contributed by atoms with Gasteiger partial charge in [0.2, 0.25) is 0 Å². The van der Waals surface area contributed by atoms with Gasteiger partial charge in [0.25, 0.3) is 0 Å². The Morgan fingerprint density at radius 1 is 1.29 bits per heavy atom. The summed E-state index contributed by atoms with van der Waals surface area (Å²) in [7, 11) is 0. The summed E-state index contributed by atoms with van der Waals surface area (Å²) in [6.45, 7) is 7.40. The van der Waals surface area contributed by atoms with Crippen LogP contribution in [0.15, 0.2) is 24.3 Å². The zero-order valence-corrected chi connectivity index (χ0v) is 13.3. The quantitative estimate of drug-likeness (QED) is 0.890. The Labute approximate surface area is 127 Å². The fourth-order valence-electron chi connectivity index (χ4n) is 3.63. The van der Waals surface area contributed by atoms with E-state index in [1.54, 1.807) is 0 Å². The SMILES string of the molecule is CC1CC(OCc2ccccc2CC(=O)O)CC(C)(C)C1. The molecule has 0 aliphatic heterocycles. The normalized spacial score (nSPS) is 24.7. The van der Waals surface area contributed by atoms with Crippen molar-refractivity contribution in [1.29, 1.82) is 0 Å². The third-order valence-electron chi connectivity index (χ3n) is 4.28. The van der Waals surface area contributed by atoms with Crippen LogP contribution in [-0.4, -0.2) is 17.2 Å². The lowest BCUT2D eigenvalue weighted by Crippen LogP contribution is -2.32. The van der Waals surface area contributed by atoms with Crippen LogP contribution in [0.1, 0.15) is 51.2 Å². The summed E-state index contributed by atoms with van der Waals surface area (Å²) in [5, 5.41) is 8.97. The van der Waals surface area contributed by atoms with Crippen molar-refractivity contribution in [2.24, 2.45) is 11.3 Å². The highest BCUT2D eigenvalue weighted by Gasteiger charge is 2.32. The van der Waals surface area contributed by atoms with Crippen LogP contribution in [0.3, 0.4) is 0 Å². The van der Waals surface area contributed by atoms with Crippen LogP contribution in [0.4, 0.5) is 0 Å². The van der Waals surface area contributed by atoms with Gasteiger partial charge in [0.05, 0.1) is 19.1 Å². The summed E-state index contributed by atoms with van der Waals surface area (Å²) < 4.78 is 6.10. The Morgan fingerprint density at radius 2 is 1.95 bits per heavy atom. The standard InChI is InChI=1S/C18H26O3/c1-13-8-16(11-18(2,3)10-13)21-12-15-7-5-4-6-14(15)9-17(19)20/h4-7,13,16H,8-12H2,1-3H3,(H,19,20). The van der Waals surface area contributed by atoms with E-state index in [1.165, 1.54) is 6.42 Å². The molecule has 116 valence electrons. The molecule has 1 saturated carbocycles.